The number of pyridine rings is 1. The number of rotatable bonds is 4. The van der Waals surface area contributed by atoms with Gasteiger partial charge in [-0.2, -0.15) is 5.10 Å². The Bertz CT molecular complexity index is 1080. The minimum Gasteiger partial charge on any atom is -0.493 e. The fourth-order valence-electron chi connectivity index (χ4n) is 3.00. The first-order chi connectivity index (χ1) is 16.5. The van der Waals surface area contributed by atoms with Crippen molar-refractivity contribution in [3.63, 3.8) is 0 Å². The van der Waals surface area contributed by atoms with Crippen LogP contribution in [0.5, 0.6) is 5.75 Å². The first-order valence-electron chi connectivity index (χ1n) is 10.9. The zero-order valence-corrected chi connectivity index (χ0v) is 20.6. The third-order valence-corrected chi connectivity index (χ3v) is 5.73. The van der Waals surface area contributed by atoms with E-state index in [1.54, 1.807) is 37.4 Å². The monoisotopic (exact) mass is 485 g/mol. The molecule has 5 nitrogen and oxygen atoms in total. The van der Waals surface area contributed by atoms with Crippen LogP contribution in [-0.2, 0) is 0 Å². The van der Waals surface area contributed by atoms with Crippen molar-refractivity contribution < 1.29 is 18.3 Å². The summed E-state index contributed by atoms with van der Waals surface area (Å²) in [6.07, 6.45) is 4.71. The van der Waals surface area contributed by atoms with Gasteiger partial charge in [0.15, 0.2) is 6.29 Å². The summed E-state index contributed by atoms with van der Waals surface area (Å²) in [6, 6.07) is 14.7. The van der Waals surface area contributed by atoms with Gasteiger partial charge in [0.05, 0.1) is 6.61 Å². The Morgan fingerprint density at radius 3 is 2.56 bits per heavy atom. The Morgan fingerprint density at radius 2 is 1.91 bits per heavy atom. The molecule has 34 heavy (non-hydrogen) atoms. The summed E-state index contributed by atoms with van der Waals surface area (Å²) >= 11 is 1.43. The van der Waals surface area contributed by atoms with E-state index >= 15 is 0 Å². The molecule has 0 aliphatic carbocycles. The van der Waals surface area contributed by atoms with Crippen molar-refractivity contribution in [2.24, 2.45) is 5.10 Å². The smallest absolute Gasteiger partial charge is 0.151 e. The molecule has 0 N–H and O–H groups in total. The van der Waals surface area contributed by atoms with Crippen molar-refractivity contribution in [1.29, 1.82) is 0 Å². The lowest BCUT2D eigenvalue weighted by Crippen LogP contribution is -2.16. The van der Waals surface area contributed by atoms with Crippen LogP contribution in [0.1, 0.15) is 47.0 Å². The van der Waals surface area contributed by atoms with Crippen LogP contribution in [0.25, 0.3) is 0 Å². The number of aromatic nitrogens is 1. The van der Waals surface area contributed by atoms with Gasteiger partial charge in [-0.15, -0.1) is 0 Å². The molecule has 1 atom stereocenters. The van der Waals surface area contributed by atoms with Gasteiger partial charge in [0, 0.05) is 48.4 Å². The van der Waals surface area contributed by atoms with Crippen LogP contribution in [0, 0.1) is 11.6 Å². The molecule has 8 heteroatoms. The van der Waals surface area contributed by atoms with Gasteiger partial charge >= 0.3 is 0 Å². The fraction of sp³-hybridized carbons (Fsp3) is 0.269. The number of para-hydroxylation sites is 1. The predicted molar refractivity (Wildman–Crippen MR) is 134 cm³/mol. The van der Waals surface area contributed by atoms with E-state index in [-0.39, 0.29) is 10.8 Å². The number of ether oxygens (including phenoxy) is 1. The van der Waals surface area contributed by atoms with Gasteiger partial charge in [0.25, 0.3) is 0 Å². The molecule has 1 unspecified atom stereocenters. The minimum atomic E-state index is -0.482. The molecule has 1 aliphatic rings. The Morgan fingerprint density at radius 1 is 1.15 bits per heavy atom. The van der Waals surface area contributed by atoms with E-state index in [1.165, 1.54) is 24.0 Å². The number of carbonyl (C=O) groups is 1. The summed E-state index contributed by atoms with van der Waals surface area (Å²) in [7, 11) is 3.52. The lowest BCUT2D eigenvalue weighted by atomic mass is 10.1. The number of benzene rings is 2. The highest BCUT2D eigenvalue weighted by molar-refractivity contribution is 8.14. The molecule has 2 aromatic carbocycles. The third kappa shape index (κ3) is 7.95. The van der Waals surface area contributed by atoms with Crippen molar-refractivity contribution in [2.45, 2.75) is 25.5 Å². The van der Waals surface area contributed by atoms with Crippen LogP contribution >= 0.6 is 11.8 Å². The molecule has 0 saturated carbocycles. The van der Waals surface area contributed by atoms with Crippen LogP contribution in [0.15, 0.2) is 72.1 Å². The predicted octanol–water partition coefficient (Wildman–Crippen LogP) is 6.37. The Hall–Kier alpha value is -3.26. The maximum atomic E-state index is 14.2. The fourth-order valence-corrected chi connectivity index (χ4v) is 4.30. The second kappa shape index (κ2) is 14.1. The molecular weight excluding hydrogens is 456 g/mol. The van der Waals surface area contributed by atoms with Gasteiger partial charge in [-0.05, 0) is 42.8 Å². The van der Waals surface area contributed by atoms with Crippen molar-refractivity contribution in [3.05, 3.63) is 95.3 Å². The van der Waals surface area contributed by atoms with Gasteiger partial charge in [0.1, 0.15) is 22.4 Å². The molecule has 0 radical (unpaired) electrons. The summed E-state index contributed by atoms with van der Waals surface area (Å²) in [6.45, 7) is 4.59. The zero-order valence-electron chi connectivity index (χ0n) is 19.7. The molecule has 1 aliphatic heterocycles. The Labute approximate surface area is 203 Å². The van der Waals surface area contributed by atoms with Gasteiger partial charge in [-0.1, -0.05) is 43.8 Å². The Balaban J connectivity index is 0.000000343. The number of halogens is 2. The highest BCUT2D eigenvalue weighted by Gasteiger charge is 2.25. The number of fused-ring (bicyclic) bond motifs is 1. The average Bonchev–Trinajstić information content (AvgIpc) is 2.87. The third-order valence-electron chi connectivity index (χ3n) is 4.43. The molecule has 0 amide bonds. The molecule has 0 fully saturated rings. The van der Waals surface area contributed by atoms with E-state index in [2.05, 4.69) is 10.1 Å². The number of thioether (sulfide) groups is 1. The molecule has 0 saturated heterocycles. The molecule has 3 aromatic rings. The van der Waals surface area contributed by atoms with E-state index in [0.717, 1.165) is 36.2 Å². The topological polar surface area (TPSA) is 54.8 Å². The first-order valence-corrected chi connectivity index (χ1v) is 11.8. The minimum absolute atomic E-state index is 0.0799. The largest absolute Gasteiger partial charge is 0.493 e. The van der Waals surface area contributed by atoms with Crippen LogP contribution in [0.4, 0.5) is 8.78 Å². The molecule has 0 spiro atoms. The number of hydrogen-bond donors (Lipinski definition) is 0. The molecule has 0 bridgehead atoms. The van der Waals surface area contributed by atoms with Crippen LogP contribution in [0.2, 0.25) is 0 Å². The van der Waals surface area contributed by atoms with E-state index in [9.17, 15) is 13.6 Å². The van der Waals surface area contributed by atoms with E-state index in [4.69, 9.17) is 4.74 Å². The highest BCUT2D eigenvalue weighted by Crippen LogP contribution is 2.42. The number of hydrogen-bond acceptors (Lipinski definition) is 6. The lowest BCUT2D eigenvalue weighted by molar-refractivity contribution is 0.112. The molecule has 2 heterocycles. The quantitative estimate of drug-likeness (QED) is 0.186. The van der Waals surface area contributed by atoms with Gasteiger partial charge in [-0.3, -0.25) is 9.78 Å². The van der Waals surface area contributed by atoms with E-state index < -0.39 is 11.6 Å². The van der Waals surface area contributed by atoms with Crippen molar-refractivity contribution in [2.75, 3.05) is 20.7 Å². The van der Waals surface area contributed by atoms with Gasteiger partial charge < -0.3 is 9.75 Å². The van der Waals surface area contributed by atoms with E-state index in [0.29, 0.717) is 17.2 Å². The first kappa shape index (κ1) is 27.0. The summed E-state index contributed by atoms with van der Waals surface area (Å²) in [5.41, 5.74) is 1.85. The number of nitrogens with zero attached hydrogens (tertiary/aromatic N) is 3. The number of hydrazone groups is 1. The number of carbonyl (C=O) groups excluding carboxylic acids is 1. The van der Waals surface area contributed by atoms with E-state index in [1.807, 2.05) is 38.1 Å². The molecule has 4 rings (SSSR count). The zero-order chi connectivity index (χ0) is 24.9. The number of aldehydes is 1. The Kier molecular flexibility index (Phi) is 11.2. The summed E-state index contributed by atoms with van der Waals surface area (Å²) in [4.78, 5) is 13.7. The summed E-state index contributed by atoms with van der Waals surface area (Å²) in [5.74, 6) is -0.124. The van der Waals surface area contributed by atoms with Crippen LogP contribution in [0.3, 0.4) is 0 Å². The van der Waals surface area contributed by atoms with Crippen molar-refractivity contribution >= 4 is 23.1 Å². The van der Waals surface area contributed by atoms with Gasteiger partial charge in [-0.25, -0.2) is 8.78 Å². The maximum Gasteiger partial charge on any atom is 0.151 e. The summed E-state index contributed by atoms with van der Waals surface area (Å²) < 4.78 is 33.5. The highest BCUT2D eigenvalue weighted by atomic mass is 32.2. The molecular formula is C26H29F2N3O2S. The standard InChI is InChI=1S/C18H18F2N2OS.C6H5NO.C2H6/c1-22(2)21-18(14-11-12(19)7-8-15(14)20)24-17-9-10-23-16-6-4-3-5-13(16)17;8-5-6-2-1-3-7-4-6;1-2/h3-8,11,17H,9-10H2,1-2H3;1-5H;1-2H3/b21-18-;;. The normalized spacial score (nSPS) is 14.3. The lowest BCUT2D eigenvalue weighted by Gasteiger charge is -2.26. The molecule has 180 valence electrons. The van der Waals surface area contributed by atoms with Crippen LogP contribution < -0.4 is 4.74 Å². The van der Waals surface area contributed by atoms with Crippen molar-refractivity contribution in [3.8, 4) is 5.75 Å². The van der Waals surface area contributed by atoms with Crippen molar-refractivity contribution in [1.82, 2.24) is 9.99 Å². The maximum absolute atomic E-state index is 14.2. The second-order valence-electron chi connectivity index (χ2n) is 7.06. The average molecular weight is 486 g/mol. The molecule has 1 aromatic heterocycles. The SMILES string of the molecule is CC.CN(C)/N=C(\SC1CCOc2ccccc21)c1cc(F)ccc1F.O=Cc1cccnc1. The second-order valence-corrected chi connectivity index (χ2v) is 8.25. The van der Waals surface area contributed by atoms with Gasteiger partial charge in [0.2, 0.25) is 0 Å². The van der Waals surface area contributed by atoms with Crippen LogP contribution in [-0.4, -0.2) is 42.0 Å². The summed E-state index contributed by atoms with van der Waals surface area (Å²) in [5, 5.41) is 6.51.